The number of ether oxygens (including phenoxy) is 1. The molecule has 19 heavy (non-hydrogen) atoms. The van der Waals surface area contributed by atoms with Crippen LogP contribution in [0.5, 0.6) is 0 Å². The van der Waals surface area contributed by atoms with Gasteiger partial charge in [0.05, 0.1) is 12.0 Å². The molecule has 108 valence electrons. The van der Waals surface area contributed by atoms with Crippen molar-refractivity contribution in [1.82, 2.24) is 14.5 Å². The van der Waals surface area contributed by atoms with Gasteiger partial charge in [-0.15, -0.1) is 11.6 Å². The van der Waals surface area contributed by atoms with E-state index in [0.717, 1.165) is 0 Å². The number of sulfonamides is 1. The van der Waals surface area contributed by atoms with E-state index >= 15 is 0 Å². The predicted octanol–water partition coefficient (Wildman–Crippen LogP) is 1.26. The molecule has 1 unspecified atom stereocenters. The maximum absolute atomic E-state index is 12.6. The zero-order valence-electron chi connectivity index (χ0n) is 11.0. The van der Waals surface area contributed by atoms with Crippen molar-refractivity contribution in [2.45, 2.75) is 37.3 Å². The first kappa shape index (κ1) is 14.8. The maximum Gasteiger partial charge on any atom is 0.262 e. The van der Waals surface area contributed by atoms with Crippen LogP contribution >= 0.6 is 11.6 Å². The molecule has 1 N–H and O–H groups in total. The highest BCUT2D eigenvalue weighted by atomic mass is 35.5. The van der Waals surface area contributed by atoms with Crippen molar-refractivity contribution < 1.29 is 13.2 Å². The van der Waals surface area contributed by atoms with Gasteiger partial charge in [-0.3, -0.25) is 5.10 Å². The number of H-pyrrole nitrogens is 1. The Labute approximate surface area is 118 Å². The van der Waals surface area contributed by atoms with Gasteiger partial charge < -0.3 is 4.74 Å². The van der Waals surface area contributed by atoms with Gasteiger partial charge in [-0.25, -0.2) is 8.42 Å². The number of aryl methyl sites for hydroxylation is 1. The summed E-state index contributed by atoms with van der Waals surface area (Å²) in [5.74, 6) is 0.122. The molecular weight excluding hydrogens is 290 g/mol. The van der Waals surface area contributed by atoms with E-state index in [1.165, 1.54) is 4.31 Å². The van der Waals surface area contributed by atoms with Crippen LogP contribution in [-0.4, -0.2) is 48.7 Å². The largest absolute Gasteiger partial charge is 0.377 e. The number of aromatic nitrogens is 2. The highest BCUT2D eigenvalue weighted by Crippen LogP contribution is 2.23. The lowest BCUT2D eigenvalue weighted by atomic mass is 10.3. The van der Waals surface area contributed by atoms with Crippen molar-refractivity contribution in [2.75, 3.05) is 19.7 Å². The number of nitrogens with zero attached hydrogens (tertiary/aromatic N) is 2. The van der Waals surface area contributed by atoms with E-state index in [4.69, 9.17) is 16.3 Å². The molecule has 2 heterocycles. The van der Waals surface area contributed by atoms with E-state index in [1.807, 2.05) is 6.92 Å². The number of rotatable bonds is 3. The van der Waals surface area contributed by atoms with Crippen LogP contribution in [0.25, 0.3) is 0 Å². The maximum atomic E-state index is 12.6. The first-order valence-corrected chi connectivity index (χ1v) is 8.16. The van der Waals surface area contributed by atoms with Gasteiger partial charge in [0.15, 0.2) is 5.03 Å². The van der Waals surface area contributed by atoms with Crippen LogP contribution in [0.15, 0.2) is 5.03 Å². The molecule has 0 aromatic carbocycles. The van der Waals surface area contributed by atoms with Gasteiger partial charge in [0.2, 0.25) is 0 Å². The van der Waals surface area contributed by atoms with Crippen molar-refractivity contribution in [3.8, 4) is 0 Å². The number of hydrogen-bond donors (Lipinski definition) is 1. The highest BCUT2D eigenvalue weighted by molar-refractivity contribution is 7.89. The normalized spacial score (nSPS) is 22.4. The fourth-order valence-electron chi connectivity index (χ4n) is 2.10. The minimum atomic E-state index is -3.61. The molecule has 1 aromatic heterocycles. The van der Waals surface area contributed by atoms with E-state index in [1.54, 1.807) is 6.92 Å². The van der Waals surface area contributed by atoms with Crippen LogP contribution in [0, 0.1) is 6.92 Å². The van der Waals surface area contributed by atoms with Crippen LogP contribution in [0.1, 0.15) is 24.6 Å². The SMILES string of the molecule is Cc1[nH]nc(S(=O)(=O)N2CCCOC(C)C2)c1CCl. The topological polar surface area (TPSA) is 75.3 Å². The molecule has 0 amide bonds. The van der Waals surface area contributed by atoms with E-state index in [-0.39, 0.29) is 17.0 Å². The Hall–Kier alpha value is -0.630. The minimum Gasteiger partial charge on any atom is -0.377 e. The second kappa shape index (κ2) is 5.78. The quantitative estimate of drug-likeness (QED) is 0.853. The van der Waals surface area contributed by atoms with Crippen LogP contribution in [0.3, 0.4) is 0 Å². The number of aromatic amines is 1. The summed E-state index contributed by atoms with van der Waals surface area (Å²) in [6, 6.07) is 0. The first-order valence-electron chi connectivity index (χ1n) is 6.18. The molecule has 6 nitrogen and oxygen atoms in total. The first-order chi connectivity index (χ1) is 8.96. The fourth-order valence-corrected chi connectivity index (χ4v) is 4.22. The Morgan fingerprint density at radius 3 is 3.00 bits per heavy atom. The van der Waals surface area contributed by atoms with Gasteiger partial charge in [-0.1, -0.05) is 0 Å². The standard InChI is InChI=1S/C11H18ClN3O3S/c1-8-7-15(4-3-5-18-8)19(16,17)11-10(6-12)9(2)13-14-11/h8H,3-7H2,1-2H3,(H,13,14). The molecule has 0 aliphatic carbocycles. The third-order valence-electron chi connectivity index (χ3n) is 3.17. The van der Waals surface area contributed by atoms with Gasteiger partial charge >= 0.3 is 0 Å². The van der Waals surface area contributed by atoms with Crippen molar-refractivity contribution in [3.05, 3.63) is 11.3 Å². The number of nitrogens with one attached hydrogen (secondary N) is 1. The number of halogens is 1. The van der Waals surface area contributed by atoms with E-state index in [9.17, 15) is 8.42 Å². The molecule has 2 rings (SSSR count). The Bertz CT molecular complexity index is 543. The number of hydrogen-bond acceptors (Lipinski definition) is 4. The smallest absolute Gasteiger partial charge is 0.262 e. The van der Waals surface area contributed by atoms with Crippen LogP contribution in [0.4, 0.5) is 0 Å². The highest BCUT2D eigenvalue weighted by Gasteiger charge is 2.32. The number of alkyl halides is 1. The molecule has 8 heteroatoms. The monoisotopic (exact) mass is 307 g/mol. The third-order valence-corrected chi connectivity index (χ3v) is 5.27. The summed E-state index contributed by atoms with van der Waals surface area (Å²) < 4.78 is 32.1. The Kier molecular flexibility index (Phi) is 4.50. The average Bonchev–Trinajstić information content (AvgIpc) is 2.59. The summed E-state index contributed by atoms with van der Waals surface area (Å²) >= 11 is 5.82. The van der Waals surface area contributed by atoms with Crippen molar-refractivity contribution in [3.63, 3.8) is 0 Å². The van der Waals surface area contributed by atoms with Gasteiger partial charge in [-0.2, -0.15) is 9.40 Å². The van der Waals surface area contributed by atoms with E-state index < -0.39 is 10.0 Å². The van der Waals surface area contributed by atoms with Crippen LogP contribution in [-0.2, 0) is 20.6 Å². The summed E-state index contributed by atoms with van der Waals surface area (Å²) in [7, 11) is -3.61. The minimum absolute atomic E-state index is 0.0362. The summed E-state index contributed by atoms with van der Waals surface area (Å²) in [6.07, 6.45) is 0.570. The van der Waals surface area contributed by atoms with E-state index in [0.29, 0.717) is 37.4 Å². The second-order valence-corrected chi connectivity index (χ2v) is 6.78. The Balaban J connectivity index is 2.35. The molecule has 1 aliphatic heterocycles. The predicted molar refractivity (Wildman–Crippen MR) is 71.7 cm³/mol. The summed E-state index contributed by atoms with van der Waals surface area (Å²) in [5.41, 5.74) is 1.23. The summed E-state index contributed by atoms with van der Waals surface area (Å²) in [4.78, 5) is 0. The van der Waals surface area contributed by atoms with Crippen molar-refractivity contribution in [2.24, 2.45) is 0 Å². The summed E-state index contributed by atoms with van der Waals surface area (Å²) in [6.45, 7) is 5.00. The molecule has 0 spiro atoms. The lowest BCUT2D eigenvalue weighted by Gasteiger charge is -2.20. The molecule has 0 saturated carbocycles. The molecule has 1 aromatic rings. The van der Waals surface area contributed by atoms with Gasteiger partial charge in [0.25, 0.3) is 10.0 Å². The van der Waals surface area contributed by atoms with E-state index in [2.05, 4.69) is 10.2 Å². The zero-order valence-corrected chi connectivity index (χ0v) is 12.6. The van der Waals surface area contributed by atoms with Crippen LogP contribution in [0.2, 0.25) is 0 Å². The van der Waals surface area contributed by atoms with Crippen molar-refractivity contribution in [1.29, 1.82) is 0 Å². The third kappa shape index (κ3) is 2.94. The molecule has 1 atom stereocenters. The fraction of sp³-hybridized carbons (Fsp3) is 0.727. The zero-order chi connectivity index (χ0) is 14.0. The molecule has 0 bridgehead atoms. The Morgan fingerprint density at radius 1 is 1.58 bits per heavy atom. The molecule has 0 radical (unpaired) electrons. The lowest BCUT2D eigenvalue weighted by molar-refractivity contribution is 0.0751. The molecule has 1 saturated heterocycles. The van der Waals surface area contributed by atoms with Crippen molar-refractivity contribution >= 4 is 21.6 Å². The second-order valence-electron chi connectivity index (χ2n) is 4.66. The van der Waals surface area contributed by atoms with Gasteiger partial charge in [-0.05, 0) is 20.3 Å². The lowest BCUT2D eigenvalue weighted by Crippen LogP contribution is -2.36. The van der Waals surface area contributed by atoms with Gasteiger partial charge in [0, 0.05) is 31.0 Å². The Morgan fingerprint density at radius 2 is 2.32 bits per heavy atom. The summed E-state index contributed by atoms with van der Waals surface area (Å²) in [5, 5.41) is 6.63. The average molecular weight is 308 g/mol. The molecule has 1 fully saturated rings. The van der Waals surface area contributed by atoms with Crippen LogP contribution < -0.4 is 0 Å². The molecular formula is C11H18ClN3O3S. The van der Waals surface area contributed by atoms with Gasteiger partial charge in [0.1, 0.15) is 0 Å². The molecule has 1 aliphatic rings.